The molecule has 0 aliphatic heterocycles. The SMILES string of the molecule is COC(=O)[C@@]1(NC(=O)OC(C)(C)C)C[C@@H]1CO. The summed E-state index contributed by atoms with van der Waals surface area (Å²) < 4.78 is 9.68. The fourth-order valence-corrected chi connectivity index (χ4v) is 1.67. The minimum atomic E-state index is -1.12. The van der Waals surface area contributed by atoms with Gasteiger partial charge in [-0.1, -0.05) is 0 Å². The second kappa shape index (κ2) is 4.52. The van der Waals surface area contributed by atoms with Gasteiger partial charge in [0, 0.05) is 12.5 Å². The van der Waals surface area contributed by atoms with Crippen LogP contribution in [0.25, 0.3) is 0 Å². The molecule has 0 bridgehead atoms. The van der Waals surface area contributed by atoms with E-state index < -0.39 is 23.2 Å². The van der Waals surface area contributed by atoms with Gasteiger partial charge in [0.25, 0.3) is 0 Å². The summed E-state index contributed by atoms with van der Waals surface area (Å²) in [5, 5.41) is 11.5. The maximum atomic E-state index is 11.6. The Kier molecular flexibility index (Phi) is 3.66. The molecule has 2 atom stereocenters. The number of methoxy groups -OCH3 is 1. The highest BCUT2D eigenvalue weighted by Crippen LogP contribution is 2.44. The van der Waals surface area contributed by atoms with Gasteiger partial charge in [-0.25, -0.2) is 9.59 Å². The second-order valence-electron chi connectivity index (χ2n) is 5.17. The van der Waals surface area contributed by atoms with Crippen LogP contribution >= 0.6 is 0 Å². The third-order valence-corrected chi connectivity index (χ3v) is 2.60. The van der Waals surface area contributed by atoms with Gasteiger partial charge in [0.05, 0.1) is 7.11 Å². The zero-order chi connectivity index (χ0) is 13.3. The number of nitrogens with one attached hydrogen (secondary N) is 1. The third kappa shape index (κ3) is 3.09. The average molecular weight is 245 g/mol. The maximum Gasteiger partial charge on any atom is 0.408 e. The van der Waals surface area contributed by atoms with Crippen molar-refractivity contribution in [2.45, 2.75) is 38.3 Å². The summed E-state index contributed by atoms with van der Waals surface area (Å²) >= 11 is 0. The van der Waals surface area contributed by atoms with Gasteiger partial charge in [-0.2, -0.15) is 0 Å². The summed E-state index contributed by atoms with van der Waals surface area (Å²) in [4.78, 5) is 23.1. The number of esters is 1. The number of carbonyl (C=O) groups is 2. The monoisotopic (exact) mass is 245 g/mol. The Balaban J connectivity index is 2.64. The topological polar surface area (TPSA) is 84.9 Å². The largest absolute Gasteiger partial charge is 0.467 e. The van der Waals surface area contributed by atoms with Crippen molar-refractivity contribution in [3.05, 3.63) is 0 Å². The zero-order valence-electron chi connectivity index (χ0n) is 10.6. The average Bonchev–Trinajstić information content (AvgIpc) is 2.88. The summed E-state index contributed by atoms with van der Waals surface area (Å²) in [6.07, 6.45) is -0.311. The first kappa shape index (κ1) is 13.8. The fourth-order valence-electron chi connectivity index (χ4n) is 1.67. The van der Waals surface area contributed by atoms with Gasteiger partial charge in [-0.15, -0.1) is 0 Å². The molecule has 1 aliphatic carbocycles. The minimum absolute atomic E-state index is 0.176. The summed E-state index contributed by atoms with van der Waals surface area (Å²) in [5.41, 5.74) is -1.75. The first-order valence-corrected chi connectivity index (χ1v) is 5.45. The van der Waals surface area contributed by atoms with Gasteiger partial charge < -0.3 is 19.9 Å². The fraction of sp³-hybridized carbons (Fsp3) is 0.818. The van der Waals surface area contributed by atoms with E-state index in [0.717, 1.165) is 0 Å². The van der Waals surface area contributed by atoms with Gasteiger partial charge in [-0.3, -0.25) is 0 Å². The smallest absolute Gasteiger partial charge is 0.408 e. The number of alkyl carbamates (subject to hydrolysis) is 1. The van der Waals surface area contributed by atoms with Crippen molar-refractivity contribution >= 4 is 12.1 Å². The molecule has 6 heteroatoms. The van der Waals surface area contributed by atoms with Crippen molar-refractivity contribution in [2.24, 2.45) is 5.92 Å². The number of hydrogen-bond acceptors (Lipinski definition) is 5. The lowest BCUT2D eigenvalue weighted by Gasteiger charge is -2.22. The first-order valence-electron chi connectivity index (χ1n) is 5.45. The van der Waals surface area contributed by atoms with E-state index >= 15 is 0 Å². The number of amides is 1. The molecule has 98 valence electrons. The molecular weight excluding hydrogens is 226 g/mol. The lowest BCUT2D eigenvalue weighted by molar-refractivity contribution is -0.145. The number of aliphatic hydroxyl groups excluding tert-OH is 1. The van der Waals surface area contributed by atoms with E-state index in [9.17, 15) is 9.59 Å². The molecule has 0 aromatic rings. The summed E-state index contributed by atoms with van der Waals surface area (Å²) in [6.45, 7) is 5.01. The third-order valence-electron chi connectivity index (χ3n) is 2.60. The predicted molar refractivity (Wildman–Crippen MR) is 59.3 cm³/mol. The number of ether oxygens (including phenoxy) is 2. The molecule has 0 heterocycles. The highest BCUT2D eigenvalue weighted by Gasteiger charge is 2.62. The first-order chi connectivity index (χ1) is 7.75. The van der Waals surface area contributed by atoms with E-state index in [1.165, 1.54) is 7.11 Å². The normalized spacial score (nSPS) is 27.2. The highest BCUT2D eigenvalue weighted by molar-refractivity contribution is 5.89. The molecule has 17 heavy (non-hydrogen) atoms. The van der Waals surface area contributed by atoms with Crippen molar-refractivity contribution < 1.29 is 24.2 Å². The van der Waals surface area contributed by atoms with Crippen LogP contribution in [0, 0.1) is 5.92 Å². The van der Waals surface area contributed by atoms with Crippen LogP contribution in [0.4, 0.5) is 4.79 Å². The molecule has 1 rings (SSSR count). The van der Waals surface area contributed by atoms with Crippen LogP contribution in [-0.4, -0.2) is 42.0 Å². The van der Waals surface area contributed by atoms with Gasteiger partial charge in [0.2, 0.25) is 0 Å². The second-order valence-corrected chi connectivity index (χ2v) is 5.17. The van der Waals surface area contributed by atoms with Crippen molar-refractivity contribution in [1.29, 1.82) is 0 Å². The molecule has 1 aliphatic rings. The van der Waals surface area contributed by atoms with Crippen molar-refractivity contribution in [3.8, 4) is 0 Å². The summed E-state index contributed by atoms with van der Waals surface area (Å²) in [6, 6.07) is 0. The number of aliphatic hydroxyl groups is 1. The van der Waals surface area contributed by atoms with Crippen molar-refractivity contribution in [3.63, 3.8) is 0 Å². The molecule has 0 spiro atoms. The number of hydrogen-bond donors (Lipinski definition) is 2. The highest BCUT2D eigenvalue weighted by atomic mass is 16.6. The molecule has 1 saturated carbocycles. The van der Waals surface area contributed by atoms with Crippen molar-refractivity contribution in [1.82, 2.24) is 5.32 Å². The van der Waals surface area contributed by atoms with Crippen LogP contribution < -0.4 is 5.32 Å². The van der Waals surface area contributed by atoms with Gasteiger partial charge in [0.1, 0.15) is 11.1 Å². The number of rotatable bonds is 3. The molecule has 2 N–H and O–H groups in total. The Morgan fingerprint density at radius 1 is 1.47 bits per heavy atom. The van der Waals surface area contributed by atoms with E-state index in [0.29, 0.717) is 6.42 Å². The number of carbonyl (C=O) groups excluding carboxylic acids is 2. The Morgan fingerprint density at radius 3 is 2.41 bits per heavy atom. The molecule has 1 amide bonds. The Labute approximate surface area is 100 Å². The van der Waals surface area contributed by atoms with Gasteiger partial charge in [0.15, 0.2) is 0 Å². The van der Waals surface area contributed by atoms with Gasteiger partial charge >= 0.3 is 12.1 Å². The molecular formula is C11H19NO5. The molecule has 0 unspecified atom stereocenters. The molecule has 0 aromatic heterocycles. The Morgan fingerprint density at radius 2 is 2.06 bits per heavy atom. The lowest BCUT2D eigenvalue weighted by atomic mass is 10.2. The lowest BCUT2D eigenvalue weighted by Crippen LogP contribution is -2.47. The quantitative estimate of drug-likeness (QED) is 0.704. The van der Waals surface area contributed by atoms with Crippen molar-refractivity contribution in [2.75, 3.05) is 13.7 Å². The standard InChI is InChI=1S/C11H19NO5/c1-10(2,3)17-9(15)12-11(8(14)16-4)5-7(11)6-13/h7,13H,5-6H2,1-4H3,(H,12,15)/t7-,11-/m1/s1. The molecule has 6 nitrogen and oxygen atoms in total. The van der Waals surface area contributed by atoms with Crippen LogP contribution in [0.5, 0.6) is 0 Å². The zero-order valence-corrected chi connectivity index (χ0v) is 10.6. The van der Waals surface area contributed by atoms with Crippen LogP contribution in [0.2, 0.25) is 0 Å². The van der Waals surface area contributed by atoms with E-state index in [4.69, 9.17) is 9.84 Å². The van der Waals surface area contributed by atoms with E-state index in [1.807, 2.05) is 0 Å². The molecule has 0 radical (unpaired) electrons. The van der Waals surface area contributed by atoms with Crippen LogP contribution in [0.3, 0.4) is 0 Å². The maximum absolute atomic E-state index is 11.6. The van der Waals surface area contributed by atoms with E-state index in [-0.39, 0.29) is 12.5 Å². The predicted octanol–water partition coefficient (Wildman–Crippen LogP) is 0.435. The van der Waals surface area contributed by atoms with E-state index in [1.54, 1.807) is 20.8 Å². The van der Waals surface area contributed by atoms with Crippen LogP contribution in [0.15, 0.2) is 0 Å². The summed E-state index contributed by atoms with van der Waals surface area (Å²) in [7, 11) is 1.24. The molecule has 0 aromatic carbocycles. The minimum Gasteiger partial charge on any atom is -0.467 e. The Hall–Kier alpha value is -1.30. The molecule has 0 saturated heterocycles. The summed E-state index contributed by atoms with van der Waals surface area (Å²) in [5.74, 6) is -0.857. The Bertz CT molecular complexity index is 322. The van der Waals surface area contributed by atoms with Crippen LogP contribution in [-0.2, 0) is 14.3 Å². The van der Waals surface area contributed by atoms with Gasteiger partial charge in [-0.05, 0) is 27.2 Å². The van der Waals surface area contributed by atoms with Crippen LogP contribution in [0.1, 0.15) is 27.2 Å². The molecule has 1 fully saturated rings. The van der Waals surface area contributed by atoms with E-state index in [2.05, 4.69) is 10.1 Å².